The Kier molecular flexibility index (Phi) is 1.27. The summed E-state index contributed by atoms with van der Waals surface area (Å²) in [5.41, 5.74) is -0.271. The first-order valence-electron chi connectivity index (χ1n) is 7.23. The van der Waals surface area contributed by atoms with Gasteiger partial charge < -0.3 is 5.21 Å². The number of hydrogen-bond donors (Lipinski definition) is 1. The highest BCUT2D eigenvalue weighted by molar-refractivity contribution is 5.20. The minimum absolute atomic E-state index is 0.180. The molecule has 1 atom stereocenters. The number of rotatable bonds is 1. The van der Waals surface area contributed by atoms with Gasteiger partial charge in [-0.15, -0.1) is 0 Å². The van der Waals surface area contributed by atoms with Crippen molar-refractivity contribution in [3.8, 4) is 0 Å². The molecule has 0 spiro atoms. The summed E-state index contributed by atoms with van der Waals surface area (Å²) in [6.45, 7) is 3.73. The Morgan fingerprint density at radius 1 is 1.43 bits per heavy atom. The van der Waals surface area contributed by atoms with Gasteiger partial charge in [0, 0.05) is 5.54 Å². The maximum atomic E-state index is 10.2. The van der Waals surface area contributed by atoms with Crippen LogP contribution in [0.3, 0.4) is 0 Å². The van der Waals surface area contributed by atoms with E-state index >= 15 is 0 Å². The van der Waals surface area contributed by atoms with Gasteiger partial charge >= 0.3 is 0 Å². The third-order valence-electron chi connectivity index (χ3n) is 2.80. The molecule has 1 N–H and O–H groups in total. The van der Waals surface area contributed by atoms with E-state index in [0.29, 0.717) is 12.8 Å². The molecule has 0 amide bonds. The van der Waals surface area contributed by atoms with Gasteiger partial charge in [0.25, 0.3) is 0 Å². The predicted molar refractivity (Wildman–Crippen MR) is 56.1 cm³/mol. The highest BCUT2D eigenvalue weighted by Gasteiger charge is 2.39. The van der Waals surface area contributed by atoms with Crippen molar-refractivity contribution in [3.63, 3.8) is 0 Å². The Morgan fingerprint density at radius 3 is 2.57 bits per heavy atom. The highest BCUT2D eigenvalue weighted by atomic mass is 16.5. The lowest BCUT2D eigenvalue weighted by Crippen LogP contribution is -2.36. The maximum Gasteiger partial charge on any atom is 0.0626 e. The second-order valence-corrected chi connectivity index (χ2v) is 4.25. The summed E-state index contributed by atoms with van der Waals surface area (Å²) in [5.74, 6) is 0. The third-order valence-corrected chi connectivity index (χ3v) is 2.80. The van der Waals surface area contributed by atoms with Crippen molar-refractivity contribution in [1.29, 1.82) is 0 Å². The zero-order valence-corrected chi connectivity index (χ0v) is 8.39. The molecule has 1 heterocycles. The molecule has 0 saturated carbocycles. The fourth-order valence-electron chi connectivity index (χ4n) is 1.84. The van der Waals surface area contributed by atoms with Crippen molar-refractivity contribution in [3.05, 3.63) is 35.8 Å². The molecular formula is C12H17NO. The minimum atomic E-state index is -0.552. The Balaban J connectivity index is 2.59. The number of hydrogen-bond acceptors (Lipinski definition) is 2. The zero-order valence-electron chi connectivity index (χ0n) is 13.4. The van der Waals surface area contributed by atoms with Gasteiger partial charge in [-0.2, -0.15) is 5.06 Å². The van der Waals surface area contributed by atoms with Crippen molar-refractivity contribution in [1.82, 2.24) is 5.06 Å². The number of benzene rings is 1. The molecule has 1 aromatic carbocycles. The first kappa shape index (κ1) is 5.29. The smallest absolute Gasteiger partial charge is 0.0626 e. The Bertz CT molecular complexity index is 502. The quantitative estimate of drug-likeness (QED) is 0.746. The van der Waals surface area contributed by atoms with Crippen LogP contribution in [0.5, 0.6) is 0 Å². The Labute approximate surface area is 92.1 Å². The van der Waals surface area contributed by atoms with Crippen LogP contribution in [-0.2, 0) is 0 Å². The molecule has 0 aromatic heterocycles. The minimum Gasteiger partial charge on any atom is -0.313 e. The second-order valence-electron chi connectivity index (χ2n) is 4.25. The summed E-state index contributed by atoms with van der Waals surface area (Å²) in [5, 5.41) is 11.3. The summed E-state index contributed by atoms with van der Waals surface area (Å²) in [6, 6.07) is -2.12. The van der Waals surface area contributed by atoms with Crippen molar-refractivity contribution < 1.29 is 12.1 Å². The van der Waals surface area contributed by atoms with E-state index in [1.807, 2.05) is 13.8 Å². The third kappa shape index (κ3) is 1.56. The van der Waals surface area contributed by atoms with E-state index in [1.165, 1.54) is 0 Å². The standard InChI is InChI=1S/C12H17NO/c1-12(2)9-8-11(13(12)14)10-6-4-3-5-7-10/h3-7,11,14H,8-9H2,1-2H3/i3D,4D,5D,6D,7D. The molecule has 2 nitrogen and oxygen atoms in total. The van der Waals surface area contributed by atoms with Gasteiger partial charge in [0.15, 0.2) is 0 Å². The van der Waals surface area contributed by atoms with Crippen LogP contribution < -0.4 is 0 Å². The van der Waals surface area contributed by atoms with Crippen LogP contribution in [0.2, 0.25) is 0 Å². The first-order valence-corrected chi connectivity index (χ1v) is 4.73. The molecule has 14 heavy (non-hydrogen) atoms. The Morgan fingerprint density at radius 2 is 2.07 bits per heavy atom. The summed E-state index contributed by atoms with van der Waals surface area (Å²) in [7, 11) is 0. The molecule has 1 fully saturated rings. The molecule has 2 rings (SSSR count). The fourth-order valence-corrected chi connectivity index (χ4v) is 1.84. The van der Waals surface area contributed by atoms with Crippen molar-refractivity contribution in [2.75, 3.05) is 0 Å². The molecule has 2 heteroatoms. The lowest BCUT2D eigenvalue weighted by atomic mass is 10.0. The molecule has 1 saturated heterocycles. The molecular weight excluding hydrogens is 174 g/mol. The van der Waals surface area contributed by atoms with Gasteiger partial charge in [-0.1, -0.05) is 30.2 Å². The average Bonchev–Trinajstić information content (AvgIpc) is 2.61. The van der Waals surface area contributed by atoms with Gasteiger partial charge in [0.05, 0.1) is 12.9 Å². The van der Waals surface area contributed by atoms with Gasteiger partial charge in [0.1, 0.15) is 0 Å². The average molecular weight is 196 g/mol. The van der Waals surface area contributed by atoms with Crippen LogP contribution in [0, 0.1) is 0 Å². The molecule has 76 valence electrons. The van der Waals surface area contributed by atoms with E-state index in [4.69, 9.17) is 6.85 Å². The van der Waals surface area contributed by atoms with E-state index in [9.17, 15) is 5.21 Å². The number of nitrogens with zero attached hydrogens (tertiary/aromatic N) is 1. The predicted octanol–water partition coefficient (Wildman–Crippen LogP) is 2.99. The van der Waals surface area contributed by atoms with E-state index in [0.717, 1.165) is 5.06 Å². The zero-order chi connectivity index (χ0) is 14.5. The molecule has 1 aliphatic rings. The van der Waals surface area contributed by atoms with Gasteiger partial charge in [-0.3, -0.25) is 0 Å². The van der Waals surface area contributed by atoms with E-state index in [-0.39, 0.29) is 29.7 Å². The largest absolute Gasteiger partial charge is 0.313 e. The van der Waals surface area contributed by atoms with Gasteiger partial charge in [0.2, 0.25) is 0 Å². The normalized spacial score (nSPS) is 31.6. The molecule has 1 aliphatic heterocycles. The van der Waals surface area contributed by atoms with E-state index < -0.39 is 17.6 Å². The van der Waals surface area contributed by atoms with Crippen molar-refractivity contribution in [2.24, 2.45) is 0 Å². The fraction of sp³-hybridized carbons (Fsp3) is 0.500. The Hall–Kier alpha value is -0.860. The SMILES string of the molecule is [2H]c1c([2H])c([2H])c(C2CCC(C)(C)N2O)c([2H])c1[2H]. The van der Waals surface area contributed by atoms with Crippen LogP contribution in [0.4, 0.5) is 0 Å². The lowest BCUT2D eigenvalue weighted by molar-refractivity contribution is -0.165. The highest BCUT2D eigenvalue weighted by Crippen LogP contribution is 2.40. The summed E-state index contributed by atoms with van der Waals surface area (Å²) >= 11 is 0. The van der Waals surface area contributed by atoms with E-state index in [2.05, 4.69) is 0 Å². The molecule has 1 aromatic rings. The van der Waals surface area contributed by atoms with Crippen LogP contribution in [0.1, 0.15) is 45.1 Å². The van der Waals surface area contributed by atoms with Crippen LogP contribution in [0.25, 0.3) is 0 Å². The first-order chi connectivity index (χ1) is 8.68. The monoisotopic (exact) mass is 196 g/mol. The van der Waals surface area contributed by atoms with Crippen LogP contribution in [0.15, 0.2) is 30.2 Å². The van der Waals surface area contributed by atoms with Crippen LogP contribution in [-0.4, -0.2) is 15.8 Å². The van der Waals surface area contributed by atoms with Gasteiger partial charge in [-0.25, -0.2) is 0 Å². The molecule has 0 aliphatic carbocycles. The number of hydroxylamine groups is 2. The molecule has 1 unspecified atom stereocenters. The topological polar surface area (TPSA) is 23.5 Å². The summed E-state index contributed by atoms with van der Waals surface area (Å²) in [6.07, 6.45) is 1.27. The van der Waals surface area contributed by atoms with Crippen molar-refractivity contribution in [2.45, 2.75) is 38.3 Å². The summed E-state index contributed by atoms with van der Waals surface area (Å²) in [4.78, 5) is 0. The van der Waals surface area contributed by atoms with E-state index in [1.54, 1.807) is 0 Å². The van der Waals surface area contributed by atoms with Gasteiger partial charge in [-0.05, 0) is 32.3 Å². The lowest BCUT2D eigenvalue weighted by Gasteiger charge is -2.29. The van der Waals surface area contributed by atoms with Crippen LogP contribution >= 0.6 is 0 Å². The van der Waals surface area contributed by atoms with Crippen molar-refractivity contribution >= 4 is 0 Å². The molecule has 0 radical (unpaired) electrons. The second kappa shape index (κ2) is 3.37. The maximum absolute atomic E-state index is 10.2. The summed E-state index contributed by atoms with van der Waals surface area (Å²) < 4.78 is 38.7. The molecule has 0 bridgehead atoms.